The highest BCUT2D eigenvalue weighted by Crippen LogP contribution is 2.34. The largest absolute Gasteiger partial charge is 0.382 e. The zero-order valence-corrected chi connectivity index (χ0v) is 17.2. The molecule has 2 N–H and O–H groups in total. The lowest BCUT2D eigenvalue weighted by atomic mass is 10.1. The molecule has 4 heterocycles. The van der Waals surface area contributed by atoms with Crippen LogP contribution >= 0.6 is 11.6 Å². The third-order valence-electron chi connectivity index (χ3n) is 5.20. The first-order valence-corrected chi connectivity index (χ1v) is 11.4. The van der Waals surface area contributed by atoms with E-state index in [1.54, 1.807) is 18.5 Å². The Kier molecular flexibility index (Phi) is 4.30. The van der Waals surface area contributed by atoms with Crippen LogP contribution in [0.15, 0.2) is 36.7 Å². The van der Waals surface area contributed by atoms with E-state index in [0.29, 0.717) is 33.5 Å². The molecule has 0 amide bonds. The van der Waals surface area contributed by atoms with Crippen molar-refractivity contribution in [3.8, 4) is 11.1 Å². The van der Waals surface area contributed by atoms with Gasteiger partial charge < -0.3 is 10.6 Å². The highest BCUT2D eigenvalue weighted by atomic mass is 35.5. The number of halogens is 2. The van der Waals surface area contributed by atoms with Gasteiger partial charge in [0.1, 0.15) is 16.7 Å². The van der Waals surface area contributed by atoms with Crippen LogP contribution in [0.3, 0.4) is 0 Å². The summed E-state index contributed by atoms with van der Waals surface area (Å²) in [6.45, 7) is 0.565. The van der Waals surface area contributed by atoms with E-state index in [9.17, 15) is 12.8 Å². The molecule has 154 valence electrons. The van der Waals surface area contributed by atoms with E-state index in [4.69, 9.17) is 17.3 Å². The van der Waals surface area contributed by atoms with E-state index in [-0.39, 0.29) is 41.3 Å². The maximum atomic E-state index is 13.6. The first kappa shape index (κ1) is 19.0. The number of nitrogen functional groups attached to an aromatic ring is 1. The van der Waals surface area contributed by atoms with Crippen molar-refractivity contribution in [3.05, 3.63) is 47.5 Å². The molecule has 0 spiro atoms. The Morgan fingerprint density at radius 3 is 2.67 bits per heavy atom. The first-order chi connectivity index (χ1) is 14.3. The first-order valence-electron chi connectivity index (χ1n) is 9.16. The topological polar surface area (TPSA) is 106 Å². The summed E-state index contributed by atoms with van der Waals surface area (Å²) >= 11 is 6.43. The van der Waals surface area contributed by atoms with E-state index in [1.165, 1.54) is 16.6 Å². The summed E-state index contributed by atoms with van der Waals surface area (Å²) in [6.07, 6.45) is 3.26. The fourth-order valence-electron chi connectivity index (χ4n) is 3.57. The molecule has 1 saturated heterocycles. The van der Waals surface area contributed by atoms with Gasteiger partial charge in [0, 0.05) is 35.8 Å². The fourth-order valence-corrected chi connectivity index (χ4v) is 5.01. The molecule has 5 rings (SSSR count). The second-order valence-electron chi connectivity index (χ2n) is 7.13. The summed E-state index contributed by atoms with van der Waals surface area (Å²) in [5.74, 6) is 0.331. The second-order valence-corrected chi connectivity index (χ2v) is 9.81. The van der Waals surface area contributed by atoms with E-state index in [0.717, 1.165) is 0 Å². The van der Waals surface area contributed by atoms with Gasteiger partial charge in [-0.1, -0.05) is 11.6 Å². The van der Waals surface area contributed by atoms with Crippen molar-refractivity contribution in [1.29, 1.82) is 0 Å². The van der Waals surface area contributed by atoms with Gasteiger partial charge in [0.05, 0.1) is 23.2 Å². The van der Waals surface area contributed by atoms with Crippen molar-refractivity contribution in [2.45, 2.75) is 0 Å². The van der Waals surface area contributed by atoms with Crippen LogP contribution in [0.25, 0.3) is 27.7 Å². The van der Waals surface area contributed by atoms with Crippen molar-refractivity contribution < 1.29 is 12.8 Å². The number of hydrogen-bond acceptors (Lipinski definition) is 7. The predicted molar refractivity (Wildman–Crippen MR) is 114 cm³/mol. The summed E-state index contributed by atoms with van der Waals surface area (Å²) < 4.78 is 38.6. The standard InChI is InChI=1S/C19H16ClFN6O2S/c20-16-17(22)27-18(25-19(16)26-3-5-30(28,29)6-4-26)14(10-24-27)12-7-11-8-13(21)1-2-15(11)23-9-12/h1-2,7-10H,3-6,22H2. The fraction of sp³-hybridized carbons (Fsp3) is 0.211. The minimum Gasteiger partial charge on any atom is -0.382 e. The lowest BCUT2D eigenvalue weighted by molar-refractivity contribution is 0.586. The van der Waals surface area contributed by atoms with Crippen LogP contribution in [0.4, 0.5) is 16.0 Å². The Morgan fingerprint density at radius 2 is 1.90 bits per heavy atom. The smallest absolute Gasteiger partial charge is 0.167 e. The average Bonchev–Trinajstić information content (AvgIpc) is 3.14. The van der Waals surface area contributed by atoms with Crippen LogP contribution in [0.1, 0.15) is 0 Å². The molecule has 0 atom stereocenters. The molecule has 0 saturated carbocycles. The van der Waals surface area contributed by atoms with Crippen LogP contribution in [-0.2, 0) is 9.84 Å². The number of anilines is 2. The molecule has 0 bridgehead atoms. The van der Waals surface area contributed by atoms with Gasteiger partial charge in [0.2, 0.25) is 0 Å². The van der Waals surface area contributed by atoms with Gasteiger partial charge in [-0.25, -0.2) is 17.8 Å². The third-order valence-corrected chi connectivity index (χ3v) is 7.18. The number of hydrogen-bond donors (Lipinski definition) is 1. The average molecular weight is 447 g/mol. The normalized spacial score (nSPS) is 16.4. The number of fused-ring (bicyclic) bond motifs is 2. The Labute approximate surface area is 176 Å². The van der Waals surface area contributed by atoms with E-state index >= 15 is 0 Å². The molecule has 0 aliphatic carbocycles. The van der Waals surface area contributed by atoms with Crippen LogP contribution in [-0.4, -0.2) is 52.6 Å². The molecular weight excluding hydrogens is 431 g/mol. The Bertz CT molecular complexity index is 1410. The van der Waals surface area contributed by atoms with Crippen molar-refractivity contribution in [2.24, 2.45) is 0 Å². The Balaban J connectivity index is 1.65. The van der Waals surface area contributed by atoms with Crippen molar-refractivity contribution in [2.75, 3.05) is 35.2 Å². The van der Waals surface area contributed by atoms with Crippen LogP contribution in [0.2, 0.25) is 5.02 Å². The minimum absolute atomic E-state index is 0.0301. The molecule has 4 aromatic rings. The van der Waals surface area contributed by atoms with Gasteiger partial charge in [-0.15, -0.1) is 0 Å². The van der Waals surface area contributed by atoms with Gasteiger partial charge in [-0.05, 0) is 24.3 Å². The SMILES string of the molecule is Nc1c(Cl)c(N2CCS(=O)(=O)CC2)nc2c(-c3cnc4ccc(F)cc4c3)cnn12. The number of rotatable bonds is 2. The van der Waals surface area contributed by atoms with E-state index < -0.39 is 9.84 Å². The summed E-state index contributed by atoms with van der Waals surface area (Å²) in [5, 5.41) is 5.16. The van der Waals surface area contributed by atoms with Crippen molar-refractivity contribution in [1.82, 2.24) is 19.6 Å². The molecule has 1 aromatic carbocycles. The highest BCUT2D eigenvalue weighted by Gasteiger charge is 2.26. The van der Waals surface area contributed by atoms with Gasteiger partial charge >= 0.3 is 0 Å². The van der Waals surface area contributed by atoms with Gasteiger partial charge in [-0.2, -0.15) is 9.61 Å². The molecule has 3 aromatic heterocycles. The Hall–Kier alpha value is -2.98. The van der Waals surface area contributed by atoms with E-state index in [1.807, 2.05) is 11.0 Å². The highest BCUT2D eigenvalue weighted by molar-refractivity contribution is 7.91. The molecule has 1 fully saturated rings. The van der Waals surface area contributed by atoms with Gasteiger partial charge in [0.15, 0.2) is 21.3 Å². The maximum absolute atomic E-state index is 13.6. The molecule has 8 nitrogen and oxygen atoms in total. The molecule has 1 aliphatic heterocycles. The maximum Gasteiger partial charge on any atom is 0.167 e. The lowest BCUT2D eigenvalue weighted by Crippen LogP contribution is -2.41. The van der Waals surface area contributed by atoms with Gasteiger partial charge in [-0.3, -0.25) is 4.98 Å². The van der Waals surface area contributed by atoms with Crippen molar-refractivity contribution >= 4 is 49.6 Å². The zero-order valence-electron chi connectivity index (χ0n) is 15.6. The van der Waals surface area contributed by atoms with Crippen LogP contribution in [0.5, 0.6) is 0 Å². The van der Waals surface area contributed by atoms with Crippen LogP contribution < -0.4 is 10.6 Å². The molecule has 0 radical (unpaired) electrons. The minimum atomic E-state index is -3.05. The molecule has 30 heavy (non-hydrogen) atoms. The van der Waals surface area contributed by atoms with Crippen LogP contribution in [0, 0.1) is 5.82 Å². The summed E-state index contributed by atoms with van der Waals surface area (Å²) in [6, 6.07) is 6.20. The number of nitrogens with zero attached hydrogens (tertiary/aromatic N) is 5. The molecule has 1 aliphatic rings. The lowest BCUT2D eigenvalue weighted by Gasteiger charge is -2.28. The number of nitrogens with two attached hydrogens (primary N) is 1. The zero-order chi connectivity index (χ0) is 21.0. The van der Waals surface area contributed by atoms with E-state index in [2.05, 4.69) is 15.1 Å². The van der Waals surface area contributed by atoms with Gasteiger partial charge in [0.25, 0.3) is 0 Å². The number of sulfone groups is 1. The van der Waals surface area contributed by atoms with Crippen molar-refractivity contribution in [3.63, 3.8) is 0 Å². The summed E-state index contributed by atoms with van der Waals surface area (Å²) in [5.41, 5.74) is 8.68. The monoisotopic (exact) mass is 446 g/mol. The summed E-state index contributed by atoms with van der Waals surface area (Å²) in [7, 11) is -3.05. The molecule has 11 heteroatoms. The quantitative estimate of drug-likeness (QED) is 0.504. The summed E-state index contributed by atoms with van der Waals surface area (Å²) in [4.78, 5) is 10.9. The number of pyridine rings is 1. The Morgan fingerprint density at radius 1 is 1.13 bits per heavy atom. The number of benzene rings is 1. The molecular formula is C19H16ClFN6O2S. The number of aromatic nitrogens is 4. The predicted octanol–water partition coefficient (Wildman–Crippen LogP) is 2.55. The third kappa shape index (κ3) is 3.12. The second kappa shape index (κ2) is 6.78. The molecule has 0 unspecified atom stereocenters.